The van der Waals surface area contributed by atoms with Gasteiger partial charge in [0.05, 0.1) is 6.61 Å². The minimum atomic E-state index is 0.666. The first-order valence-corrected chi connectivity index (χ1v) is 5.57. The molecule has 2 atom stereocenters. The van der Waals surface area contributed by atoms with Crippen molar-refractivity contribution in [1.29, 1.82) is 0 Å². The van der Waals surface area contributed by atoms with Crippen LogP contribution < -0.4 is 4.74 Å². The van der Waals surface area contributed by atoms with Crippen LogP contribution in [0.3, 0.4) is 0 Å². The molecule has 0 aliphatic heterocycles. The second kappa shape index (κ2) is 3.89. The van der Waals surface area contributed by atoms with Gasteiger partial charge in [-0.05, 0) is 30.7 Å². The average molecular weight is 262 g/mol. The molecular formula is C10H10BrClO. The van der Waals surface area contributed by atoms with Crippen molar-refractivity contribution < 1.29 is 4.74 Å². The van der Waals surface area contributed by atoms with Crippen LogP contribution in [0.5, 0.6) is 5.75 Å². The van der Waals surface area contributed by atoms with E-state index in [1.165, 1.54) is 6.42 Å². The van der Waals surface area contributed by atoms with E-state index in [2.05, 4.69) is 15.9 Å². The molecule has 1 fully saturated rings. The molecular weight excluding hydrogens is 251 g/mol. The van der Waals surface area contributed by atoms with E-state index < -0.39 is 0 Å². The number of benzene rings is 1. The zero-order valence-electron chi connectivity index (χ0n) is 7.04. The van der Waals surface area contributed by atoms with Gasteiger partial charge in [0.1, 0.15) is 5.75 Å². The summed E-state index contributed by atoms with van der Waals surface area (Å²) in [5.74, 6) is 1.59. The molecule has 1 aromatic carbocycles. The Morgan fingerprint density at radius 3 is 2.54 bits per heavy atom. The zero-order chi connectivity index (χ0) is 9.26. The van der Waals surface area contributed by atoms with E-state index in [4.69, 9.17) is 16.3 Å². The third kappa shape index (κ3) is 2.61. The molecule has 0 spiro atoms. The van der Waals surface area contributed by atoms with Gasteiger partial charge in [0, 0.05) is 15.8 Å². The summed E-state index contributed by atoms with van der Waals surface area (Å²) in [6.07, 6.45) is 1.23. The van der Waals surface area contributed by atoms with Crippen LogP contribution in [-0.4, -0.2) is 11.4 Å². The van der Waals surface area contributed by atoms with Crippen LogP contribution in [0.25, 0.3) is 0 Å². The molecule has 0 aromatic heterocycles. The van der Waals surface area contributed by atoms with Crippen LogP contribution in [0.1, 0.15) is 6.42 Å². The molecule has 70 valence electrons. The van der Waals surface area contributed by atoms with Crippen molar-refractivity contribution in [3.8, 4) is 5.75 Å². The molecule has 0 amide bonds. The number of ether oxygens (including phenoxy) is 1. The monoisotopic (exact) mass is 260 g/mol. The Morgan fingerprint density at radius 1 is 1.38 bits per heavy atom. The van der Waals surface area contributed by atoms with Crippen molar-refractivity contribution in [3.63, 3.8) is 0 Å². The maximum atomic E-state index is 5.75. The lowest BCUT2D eigenvalue weighted by Crippen LogP contribution is -2.00. The highest BCUT2D eigenvalue weighted by molar-refractivity contribution is 9.09. The molecule has 0 N–H and O–H groups in total. The van der Waals surface area contributed by atoms with E-state index >= 15 is 0 Å². The van der Waals surface area contributed by atoms with Gasteiger partial charge in [-0.3, -0.25) is 0 Å². The van der Waals surface area contributed by atoms with E-state index in [0.29, 0.717) is 10.7 Å². The number of halogens is 2. The quantitative estimate of drug-likeness (QED) is 0.757. The Bertz CT molecular complexity index is 285. The fourth-order valence-corrected chi connectivity index (χ4v) is 1.88. The van der Waals surface area contributed by atoms with Crippen molar-refractivity contribution in [2.75, 3.05) is 6.61 Å². The Hall–Kier alpha value is -0.210. The smallest absolute Gasteiger partial charge is 0.119 e. The summed E-state index contributed by atoms with van der Waals surface area (Å²) >= 11 is 9.28. The Labute approximate surface area is 91.2 Å². The second-order valence-corrected chi connectivity index (χ2v) is 4.89. The van der Waals surface area contributed by atoms with Gasteiger partial charge in [0.2, 0.25) is 0 Å². The third-order valence-corrected chi connectivity index (χ3v) is 3.49. The molecule has 0 radical (unpaired) electrons. The number of hydrogen-bond acceptors (Lipinski definition) is 1. The van der Waals surface area contributed by atoms with Crippen molar-refractivity contribution >= 4 is 27.5 Å². The molecule has 13 heavy (non-hydrogen) atoms. The lowest BCUT2D eigenvalue weighted by atomic mass is 10.3. The fraction of sp³-hybridized carbons (Fsp3) is 0.400. The van der Waals surface area contributed by atoms with E-state index in [-0.39, 0.29) is 0 Å². The van der Waals surface area contributed by atoms with Gasteiger partial charge in [-0.2, -0.15) is 0 Å². The average Bonchev–Trinajstić information content (AvgIpc) is 2.81. The fourth-order valence-electron chi connectivity index (χ4n) is 1.12. The first kappa shape index (κ1) is 9.35. The normalized spacial score (nSPS) is 25.7. The summed E-state index contributed by atoms with van der Waals surface area (Å²) in [4.78, 5) is 0.666. The summed E-state index contributed by atoms with van der Waals surface area (Å²) in [5, 5.41) is 0.747. The predicted octanol–water partition coefficient (Wildman–Crippen LogP) is 3.50. The van der Waals surface area contributed by atoms with E-state index in [1.54, 1.807) is 0 Å². The van der Waals surface area contributed by atoms with Gasteiger partial charge in [-0.15, -0.1) is 0 Å². The molecule has 1 aliphatic carbocycles. The zero-order valence-corrected chi connectivity index (χ0v) is 9.38. The molecule has 0 unspecified atom stereocenters. The Morgan fingerprint density at radius 2 is 2.00 bits per heavy atom. The van der Waals surface area contributed by atoms with Gasteiger partial charge >= 0.3 is 0 Å². The summed E-state index contributed by atoms with van der Waals surface area (Å²) in [6, 6.07) is 7.48. The van der Waals surface area contributed by atoms with Gasteiger partial charge < -0.3 is 4.74 Å². The topological polar surface area (TPSA) is 9.23 Å². The number of hydrogen-bond donors (Lipinski definition) is 0. The molecule has 1 nitrogen and oxygen atoms in total. The molecule has 3 heteroatoms. The first-order chi connectivity index (χ1) is 6.25. The van der Waals surface area contributed by atoms with Gasteiger partial charge in [-0.1, -0.05) is 27.5 Å². The molecule has 0 heterocycles. The third-order valence-electron chi connectivity index (χ3n) is 2.11. The van der Waals surface area contributed by atoms with Crippen LogP contribution >= 0.6 is 27.5 Å². The van der Waals surface area contributed by atoms with Crippen molar-refractivity contribution in [2.45, 2.75) is 11.2 Å². The number of alkyl halides is 1. The van der Waals surface area contributed by atoms with Crippen LogP contribution in [0, 0.1) is 5.92 Å². The summed E-state index contributed by atoms with van der Waals surface area (Å²) in [6.45, 7) is 0.803. The summed E-state index contributed by atoms with van der Waals surface area (Å²) < 4.78 is 5.57. The SMILES string of the molecule is Clc1ccc(OC[C@H]2C[C@@H]2Br)cc1. The van der Waals surface area contributed by atoms with Crippen LogP contribution in [0.2, 0.25) is 5.02 Å². The van der Waals surface area contributed by atoms with Crippen LogP contribution in [0.15, 0.2) is 24.3 Å². The lowest BCUT2D eigenvalue weighted by molar-refractivity contribution is 0.300. The molecule has 1 aromatic rings. The molecule has 0 saturated heterocycles. The highest BCUT2D eigenvalue weighted by Crippen LogP contribution is 2.37. The standard InChI is InChI=1S/C10H10BrClO/c11-10-5-7(10)6-13-9-3-1-8(12)2-4-9/h1-4,7,10H,5-6H2/t7-,10+/m1/s1. The lowest BCUT2D eigenvalue weighted by Gasteiger charge is -2.04. The molecule has 0 bridgehead atoms. The van der Waals surface area contributed by atoms with Gasteiger partial charge in [0.25, 0.3) is 0 Å². The number of rotatable bonds is 3. The molecule has 2 rings (SSSR count). The van der Waals surface area contributed by atoms with Crippen molar-refractivity contribution in [2.24, 2.45) is 5.92 Å². The van der Waals surface area contributed by atoms with Gasteiger partial charge in [0.15, 0.2) is 0 Å². The van der Waals surface area contributed by atoms with Crippen LogP contribution in [-0.2, 0) is 0 Å². The maximum Gasteiger partial charge on any atom is 0.119 e. The minimum absolute atomic E-state index is 0.666. The van der Waals surface area contributed by atoms with Crippen molar-refractivity contribution in [3.05, 3.63) is 29.3 Å². The van der Waals surface area contributed by atoms with Crippen molar-refractivity contribution in [1.82, 2.24) is 0 Å². The largest absolute Gasteiger partial charge is 0.493 e. The summed E-state index contributed by atoms with van der Waals surface area (Å²) in [7, 11) is 0. The predicted molar refractivity (Wildman–Crippen MR) is 57.8 cm³/mol. The Kier molecular flexibility index (Phi) is 2.80. The second-order valence-electron chi connectivity index (χ2n) is 3.28. The van der Waals surface area contributed by atoms with E-state index in [9.17, 15) is 0 Å². The minimum Gasteiger partial charge on any atom is -0.493 e. The first-order valence-electron chi connectivity index (χ1n) is 4.28. The highest BCUT2D eigenvalue weighted by Gasteiger charge is 2.34. The Balaban J connectivity index is 1.84. The maximum absolute atomic E-state index is 5.75. The highest BCUT2D eigenvalue weighted by atomic mass is 79.9. The van der Waals surface area contributed by atoms with Gasteiger partial charge in [-0.25, -0.2) is 0 Å². The van der Waals surface area contributed by atoms with E-state index in [0.717, 1.165) is 17.4 Å². The molecule has 1 aliphatic rings. The summed E-state index contributed by atoms with van der Waals surface area (Å²) in [5.41, 5.74) is 0. The van der Waals surface area contributed by atoms with E-state index in [1.807, 2.05) is 24.3 Å². The van der Waals surface area contributed by atoms with Crippen LogP contribution in [0.4, 0.5) is 0 Å². The molecule has 1 saturated carbocycles.